The number of aliphatic hydroxyl groups is 3. The minimum absolute atomic E-state index is 0.219. The molecule has 110 valence electrons. The van der Waals surface area contributed by atoms with Gasteiger partial charge in [0.25, 0.3) is 5.91 Å². The monoisotopic (exact) mass is 346 g/mol. The maximum atomic E-state index is 11.7. The SMILES string of the molecule is C=C1NC(=O)C(/C=C/Br)=CN1[C@@H]1O[C@H](CO)C(O)C1O. The van der Waals surface area contributed by atoms with Gasteiger partial charge in [-0.05, 0) is 11.1 Å². The highest BCUT2D eigenvalue weighted by atomic mass is 79.9. The maximum absolute atomic E-state index is 11.7. The first-order chi connectivity index (χ1) is 9.49. The Morgan fingerprint density at radius 2 is 2.20 bits per heavy atom. The Bertz CT molecular complexity index is 478. The molecule has 0 bridgehead atoms. The lowest BCUT2D eigenvalue weighted by atomic mass is 10.1. The summed E-state index contributed by atoms with van der Waals surface area (Å²) in [4.78, 5) is 14.6. The van der Waals surface area contributed by atoms with E-state index in [1.54, 1.807) is 0 Å². The van der Waals surface area contributed by atoms with Crippen molar-refractivity contribution >= 4 is 21.8 Å². The second-order valence-electron chi connectivity index (χ2n) is 4.41. The number of ether oxygens (including phenoxy) is 1. The van der Waals surface area contributed by atoms with Gasteiger partial charge in [0.1, 0.15) is 24.1 Å². The molecule has 2 rings (SSSR count). The molecule has 2 heterocycles. The first-order valence-electron chi connectivity index (χ1n) is 5.89. The highest BCUT2D eigenvalue weighted by Gasteiger charge is 2.46. The highest BCUT2D eigenvalue weighted by Crippen LogP contribution is 2.28. The van der Waals surface area contributed by atoms with Gasteiger partial charge in [0, 0.05) is 6.20 Å². The number of nitrogens with one attached hydrogen (secondary N) is 1. The zero-order chi connectivity index (χ0) is 14.9. The van der Waals surface area contributed by atoms with Crippen molar-refractivity contribution in [1.29, 1.82) is 0 Å². The lowest BCUT2D eigenvalue weighted by molar-refractivity contribution is -0.119. The molecule has 20 heavy (non-hydrogen) atoms. The summed E-state index contributed by atoms with van der Waals surface area (Å²) < 4.78 is 5.39. The van der Waals surface area contributed by atoms with E-state index in [0.29, 0.717) is 5.57 Å². The van der Waals surface area contributed by atoms with E-state index in [0.717, 1.165) is 0 Å². The Labute approximate surface area is 124 Å². The van der Waals surface area contributed by atoms with E-state index in [2.05, 4.69) is 27.8 Å². The molecule has 0 saturated carbocycles. The Kier molecular flexibility index (Phi) is 4.61. The number of nitrogens with zero attached hydrogens (tertiary/aromatic N) is 1. The van der Waals surface area contributed by atoms with E-state index < -0.39 is 31.1 Å². The molecule has 2 aliphatic rings. The van der Waals surface area contributed by atoms with Gasteiger partial charge in [-0.25, -0.2) is 0 Å². The van der Waals surface area contributed by atoms with Crippen LogP contribution >= 0.6 is 15.9 Å². The van der Waals surface area contributed by atoms with Gasteiger partial charge >= 0.3 is 0 Å². The van der Waals surface area contributed by atoms with Gasteiger partial charge in [0.15, 0.2) is 6.23 Å². The molecule has 0 aromatic heterocycles. The summed E-state index contributed by atoms with van der Waals surface area (Å²) in [7, 11) is 0. The molecular formula is C12H15BrN2O5. The molecule has 0 aliphatic carbocycles. The van der Waals surface area contributed by atoms with Gasteiger partial charge in [-0.1, -0.05) is 22.5 Å². The summed E-state index contributed by atoms with van der Waals surface area (Å²) in [5, 5.41) is 31.3. The fourth-order valence-corrected chi connectivity index (χ4v) is 2.36. The second-order valence-corrected chi connectivity index (χ2v) is 4.94. The minimum atomic E-state index is -1.23. The molecule has 7 nitrogen and oxygen atoms in total. The summed E-state index contributed by atoms with van der Waals surface area (Å²) >= 11 is 3.08. The zero-order valence-corrected chi connectivity index (χ0v) is 12.0. The zero-order valence-electron chi connectivity index (χ0n) is 10.4. The Balaban J connectivity index is 2.27. The number of halogens is 1. The van der Waals surface area contributed by atoms with Crippen molar-refractivity contribution in [3.05, 3.63) is 35.2 Å². The van der Waals surface area contributed by atoms with E-state index in [1.807, 2.05) is 0 Å². The van der Waals surface area contributed by atoms with Gasteiger partial charge in [0.05, 0.1) is 12.2 Å². The Hall–Kier alpha value is -1.19. The molecule has 4 N–H and O–H groups in total. The number of rotatable bonds is 3. The Morgan fingerprint density at radius 1 is 1.50 bits per heavy atom. The molecule has 4 atom stereocenters. The van der Waals surface area contributed by atoms with E-state index in [9.17, 15) is 15.0 Å². The van der Waals surface area contributed by atoms with E-state index in [1.165, 1.54) is 22.2 Å². The maximum Gasteiger partial charge on any atom is 0.258 e. The van der Waals surface area contributed by atoms with Crippen LogP contribution in [0.3, 0.4) is 0 Å². The summed E-state index contributed by atoms with van der Waals surface area (Å²) in [5.41, 5.74) is 0.326. The van der Waals surface area contributed by atoms with E-state index in [4.69, 9.17) is 9.84 Å². The van der Waals surface area contributed by atoms with Crippen molar-refractivity contribution in [2.75, 3.05) is 6.61 Å². The lowest BCUT2D eigenvalue weighted by Crippen LogP contribution is -2.47. The quantitative estimate of drug-likeness (QED) is 0.529. The lowest BCUT2D eigenvalue weighted by Gasteiger charge is -2.33. The fourth-order valence-electron chi connectivity index (χ4n) is 2.08. The van der Waals surface area contributed by atoms with Crippen molar-refractivity contribution in [2.24, 2.45) is 0 Å². The molecule has 1 amide bonds. The Morgan fingerprint density at radius 3 is 2.75 bits per heavy atom. The summed E-state index contributed by atoms with van der Waals surface area (Å²) in [6, 6.07) is 0. The summed E-state index contributed by atoms with van der Waals surface area (Å²) in [6.07, 6.45) is -1.28. The molecule has 0 spiro atoms. The van der Waals surface area contributed by atoms with Crippen molar-refractivity contribution in [2.45, 2.75) is 24.5 Å². The molecule has 1 saturated heterocycles. The molecule has 2 unspecified atom stereocenters. The second kappa shape index (κ2) is 6.06. The molecule has 2 aliphatic heterocycles. The van der Waals surface area contributed by atoms with Crippen LogP contribution in [0.1, 0.15) is 0 Å². The highest BCUT2D eigenvalue weighted by molar-refractivity contribution is 9.11. The van der Waals surface area contributed by atoms with Gasteiger partial charge in [-0.15, -0.1) is 0 Å². The predicted octanol–water partition coefficient (Wildman–Crippen LogP) is -0.879. The standard InChI is InChI=1S/C12H15BrN2O5/c1-6-14-11(19)7(2-3-13)4-15(6)12-10(18)9(17)8(5-16)20-12/h2-4,8-10,12,16-18H,1,5H2,(H,14,19)/b3-2+/t8-,9?,10?,12-/m1/s1. The normalized spacial score (nSPS) is 34.6. The van der Waals surface area contributed by atoms with Crippen molar-refractivity contribution in [1.82, 2.24) is 10.2 Å². The summed E-state index contributed by atoms with van der Waals surface area (Å²) in [5.74, 6) is -0.120. The third kappa shape index (κ3) is 2.65. The van der Waals surface area contributed by atoms with Gasteiger partial charge in [-0.2, -0.15) is 0 Å². The number of aliphatic hydroxyl groups excluding tert-OH is 3. The number of carbonyl (C=O) groups excluding carboxylic acids is 1. The van der Waals surface area contributed by atoms with Gasteiger partial charge in [-0.3, -0.25) is 4.79 Å². The number of amides is 1. The average molecular weight is 347 g/mol. The largest absolute Gasteiger partial charge is 0.394 e. The van der Waals surface area contributed by atoms with Gasteiger partial charge in [0.2, 0.25) is 0 Å². The molecule has 0 aromatic carbocycles. The third-order valence-electron chi connectivity index (χ3n) is 3.14. The minimum Gasteiger partial charge on any atom is -0.394 e. The first kappa shape index (κ1) is 15.2. The molecule has 0 aromatic rings. The van der Waals surface area contributed by atoms with Crippen LogP contribution in [-0.2, 0) is 9.53 Å². The van der Waals surface area contributed by atoms with Crippen LogP contribution in [-0.4, -0.2) is 57.3 Å². The number of carbonyl (C=O) groups is 1. The van der Waals surface area contributed by atoms with Crippen molar-refractivity contribution in [3.63, 3.8) is 0 Å². The summed E-state index contributed by atoms with van der Waals surface area (Å²) in [6.45, 7) is 3.26. The van der Waals surface area contributed by atoms with Crippen LogP contribution < -0.4 is 5.32 Å². The van der Waals surface area contributed by atoms with Crippen LogP contribution in [0, 0.1) is 0 Å². The van der Waals surface area contributed by atoms with Crippen molar-refractivity contribution in [3.8, 4) is 0 Å². The molecule has 1 fully saturated rings. The third-order valence-corrected chi connectivity index (χ3v) is 3.41. The molecule has 0 radical (unpaired) electrons. The topological polar surface area (TPSA) is 102 Å². The van der Waals surface area contributed by atoms with Crippen molar-refractivity contribution < 1.29 is 24.9 Å². The van der Waals surface area contributed by atoms with Crippen LogP contribution in [0.2, 0.25) is 0 Å². The van der Waals surface area contributed by atoms with Crippen LogP contribution in [0.25, 0.3) is 0 Å². The fraction of sp³-hybridized carbons (Fsp3) is 0.417. The molecule has 8 heteroatoms. The number of hydrogen-bond donors (Lipinski definition) is 4. The number of hydrogen-bond acceptors (Lipinski definition) is 6. The predicted molar refractivity (Wildman–Crippen MR) is 73.0 cm³/mol. The van der Waals surface area contributed by atoms with E-state index in [-0.39, 0.29) is 11.7 Å². The smallest absolute Gasteiger partial charge is 0.258 e. The molecular weight excluding hydrogens is 332 g/mol. The van der Waals surface area contributed by atoms with Crippen LogP contribution in [0.4, 0.5) is 0 Å². The van der Waals surface area contributed by atoms with Crippen LogP contribution in [0.15, 0.2) is 35.2 Å². The van der Waals surface area contributed by atoms with Crippen LogP contribution in [0.5, 0.6) is 0 Å². The first-order valence-corrected chi connectivity index (χ1v) is 6.80. The van der Waals surface area contributed by atoms with Gasteiger partial charge < -0.3 is 30.3 Å². The average Bonchev–Trinajstić information content (AvgIpc) is 2.70. The van der Waals surface area contributed by atoms with E-state index >= 15 is 0 Å².